The Balaban J connectivity index is 1.91. The van der Waals surface area contributed by atoms with E-state index in [4.69, 9.17) is 16.3 Å². The van der Waals surface area contributed by atoms with Gasteiger partial charge in [-0.25, -0.2) is 4.98 Å². The second-order valence-corrected chi connectivity index (χ2v) is 7.67. The second-order valence-electron chi connectivity index (χ2n) is 6.15. The zero-order chi connectivity index (χ0) is 17.7. The molecule has 1 aromatic carbocycles. The smallest absolute Gasteiger partial charge is 0.265 e. The molecule has 0 fully saturated rings. The van der Waals surface area contributed by atoms with Gasteiger partial charge in [-0.3, -0.25) is 4.79 Å². The molecule has 0 unspecified atom stereocenters. The highest BCUT2D eigenvalue weighted by atomic mass is 35.5. The van der Waals surface area contributed by atoms with Gasteiger partial charge in [-0.15, -0.1) is 11.3 Å². The van der Waals surface area contributed by atoms with Crippen molar-refractivity contribution in [2.24, 2.45) is 5.92 Å². The van der Waals surface area contributed by atoms with Crippen molar-refractivity contribution in [3.63, 3.8) is 0 Å². The quantitative estimate of drug-likeness (QED) is 0.726. The lowest BCUT2D eigenvalue weighted by molar-refractivity contribution is 0.0777. The first-order chi connectivity index (χ1) is 11.4. The fraction of sp³-hybridized carbons (Fsp3) is 0.444. The van der Waals surface area contributed by atoms with E-state index in [2.05, 4.69) is 18.8 Å². The maximum atomic E-state index is 12.6. The van der Waals surface area contributed by atoms with E-state index < -0.39 is 0 Å². The van der Waals surface area contributed by atoms with Crippen molar-refractivity contribution in [1.29, 1.82) is 0 Å². The minimum absolute atomic E-state index is 0.00491. The molecule has 1 aromatic heterocycles. The van der Waals surface area contributed by atoms with Gasteiger partial charge >= 0.3 is 0 Å². The number of nitrogens with zero attached hydrogens (tertiary/aromatic N) is 2. The molecule has 0 spiro atoms. The van der Waals surface area contributed by atoms with Gasteiger partial charge < -0.3 is 9.64 Å². The standard InChI is InChI=1S/C18H23ClN2O2S/c1-12(2)10-16-20-13(3)17(24-16)18(22)21(4)8-9-23-15-7-5-6-14(19)11-15/h5-7,11-12H,8-10H2,1-4H3. The van der Waals surface area contributed by atoms with Crippen LogP contribution in [0.4, 0.5) is 0 Å². The van der Waals surface area contributed by atoms with Gasteiger partial charge in [-0.2, -0.15) is 0 Å². The van der Waals surface area contributed by atoms with Crippen LogP contribution >= 0.6 is 22.9 Å². The lowest BCUT2D eigenvalue weighted by Gasteiger charge is -2.17. The first kappa shape index (κ1) is 18.7. The Kier molecular flexibility index (Phi) is 6.63. The van der Waals surface area contributed by atoms with Gasteiger partial charge in [-0.1, -0.05) is 31.5 Å². The second kappa shape index (κ2) is 8.49. The number of rotatable bonds is 7. The summed E-state index contributed by atoms with van der Waals surface area (Å²) in [5.41, 5.74) is 0.809. The maximum Gasteiger partial charge on any atom is 0.265 e. The summed E-state index contributed by atoms with van der Waals surface area (Å²) in [5, 5.41) is 1.66. The largest absolute Gasteiger partial charge is 0.492 e. The van der Waals surface area contributed by atoms with Crippen molar-refractivity contribution >= 4 is 28.8 Å². The van der Waals surface area contributed by atoms with Gasteiger partial charge in [0.2, 0.25) is 0 Å². The van der Waals surface area contributed by atoms with Crippen LogP contribution in [0.15, 0.2) is 24.3 Å². The molecule has 130 valence electrons. The first-order valence-electron chi connectivity index (χ1n) is 7.97. The predicted octanol–water partition coefficient (Wildman–Crippen LogP) is 4.45. The molecule has 1 amide bonds. The average molecular weight is 367 g/mol. The highest BCUT2D eigenvalue weighted by Gasteiger charge is 2.19. The number of carbonyl (C=O) groups excluding carboxylic acids is 1. The molecule has 0 aliphatic heterocycles. The molecular weight excluding hydrogens is 344 g/mol. The molecule has 0 atom stereocenters. The predicted molar refractivity (Wildman–Crippen MR) is 99.3 cm³/mol. The van der Waals surface area contributed by atoms with E-state index in [1.807, 2.05) is 19.1 Å². The van der Waals surface area contributed by atoms with E-state index in [0.717, 1.165) is 22.0 Å². The molecule has 0 saturated carbocycles. The average Bonchev–Trinajstić information content (AvgIpc) is 2.86. The van der Waals surface area contributed by atoms with E-state index in [1.165, 1.54) is 11.3 Å². The van der Waals surface area contributed by atoms with Crippen LogP contribution in [0.25, 0.3) is 0 Å². The van der Waals surface area contributed by atoms with E-state index in [-0.39, 0.29) is 5.91 Å². The highest BCUT2D eigenvalue weighted by Crippen LogP contribution is 2.22. The Morgan fingerprint density at radius 3 is 2.83 bits per heavy atom. The van der Waals surface area contributed by atoms with Crippen LogP contribution in [-0.4, -0.2) is 36.0 Å². The van der Waals surface area contributed by atoms with Crippen molar-refractivity contribution in [3.8, 4) is 5.75 Å². The molecule has 0 radical (unpaired) electrons. The molecule has 24 heavy (non-hydrogen) atoms. The summed E-state index contributed by atoms with van der Waals surface area (Å²) in [6.07, 6.45) is 0.903. The van der Waals surface area contributed by atoms with Crippen molar-refractivity contribution in [2.45, 2.75) is 27.2 Å². The molecule has 2 aromatic rings. The lowest BCUT2D eigenvalue weighted by atomic mass is 10.1. The first-order valence-corrected chi connectivity index (χ1v) is 9.16. The molecule has 1 heterocycles. The van der Waals surface area contributed by atoms with Crippen LogP contribution in [0.1, 0.15) is 34.2 Å². The monoisotopic (exact) mass is 366 g/mol. The minimum atomic E-state index is -0.00491. The van der Waals surface area contributed by atoms with Crippen LogP contribution in [0.2, 0.25) is 5.02 Å². The zero-order valence-corrected chi connectivity index (χ0v) is 16.1. The van der Waals surface area contributed by atoms with Gasteiger partial charge in [-0.05, 0) is 31.0 Å². The Morgan fingerprint density at radius 1 is 1.42 bits per heavy atom. The van der Waals surface area contributed by atoms with Gasteiger partial charge in [0.15, 0.2) is 0 Å². The summed E-state index contributed by atoms with van der Waals surface area (Å²) in [6.45, 7) is 7.11. The number of ether oxygens (including phenoxy) is 1. The third-order valence-electron chi connectivity index (χ3n) is 3.46. The molecule has 0 saturated heterocycles. The van der Waals surface area contributed by atoms with Gasteiger partial charge in [0.1, 0.15) is 17.2 Å². The fourth-order valence-electron chi connectivity index (χ4n) is 2.22. The van der Waals surface area contributed by atoms with Crippen molar-refractivity contribution < 1.29 is 9.53 Å². The number of hydrogen-bond donors (Lipinski definition) is 0. The third kappa shape index (κ3) is 5.21. The van der Waals surface area contributed by atoms with E-state index in [1.54, 1.807) is 24.1 Å². The topological polar surface area (TPSA) is 42.4 Å². The fourth-order valence-corrected chi connectivity index (χ4v) is 3.67. The van der Waals surface area contributed by atoms with E-state index >= 15 is 0 Å². The maximum absolute atomic E-state index is 12.6. The number of amides is 1. The summed E-state index contributed by atoms with van der Waals surface area (Å²) < 4.78 is 5.64. The van der Waals surface area contributed by atoms with E-state index in [9.17, 15) is 4.79 Å². The summed E-state index contributed by atoms with van der Waals surface area (Å²) in [5.74, 6) is 1.23. The number of aromatic nitrogens is 1. The number of likely N-dealkylation sites (N-methyl/N-ethyl adjacent to an activating group) is 1. The Morgan fingerprint density at radius 2 is 2.17 bits per heavy atom. The Labute approximate surface area is 152 Å². The van der Waals surface area contributed by atoms with Gasteiger partial charge in [0.25, 0.3) is 5.91 Å². The van der Waals surface area contributed by atoms with Crippen LogP contribution in [0, 0.1) is 12.8 Å². The number of aryl methyl sites for hydroxylation is 1. The van der Waals surface area contributed by atoms with Crippen LogP contribution in [0.5, 0.6) is 5.75 Å². The van der Waals surface area contributed by atoms with Crippen molar-refractivity contribution in [1.82, 2.24) is 9.88 Å². The molecule has 2 rings (SSSR count). The minimum Gasteiger partial charge on any atom is -0.492 e. The number of carbonyl (C=O) groups is 1. The lowest BCUT2D eigenvalue weighted by Crippen LogP contribution is -2.30. The SMILES string of the molecule is Cc1nc(CC(C)C)sc1C(=O)N(C)CCOc1cccc(Cl)c1. The van der Waals surface area contributed by atoms with E-state index in [0.29, 0.717) is 29.8 Å². The van der Waals surface area contributed by atoms with Crippen LogP contribution in [0.3, 0.4) is 0 Å². The summed E-state index contributed by atoms with van der Waals surface area (Å²) in [4.78, 5) is 19.5. The van der Waals surface area contributed by atoms with Crippen LogP contribution in [-0.2, 0) is 6.42 Å². The molecule has 0 aliphatic carbocycles. The number of hydrogen-bond acceptors (Lipinski definition) is 4. The number of benzene rings is 1. The Bertz CT molecular complexity index is 700. The highest BCUT2D eigenvalue weighted by molar-refractivity contribution is 7.13. The normalized spacial score (nSPS) is 10.9. The summed E-state index contributed by atoms with van der Waals surface area (Å²) >= 11 is 7.42. The summed E-state index contributed by atoms with van der Waals surface area (Å²) in [6, 6.07) is 7.24. The molecule has 4 nitrogen and oxygen atoms in total. The molecule has 6 heteroatoms. The molecule has 0 N–H and O–H groups in total. The van der Waals surface area contributed by atoms with Gasteiger partial charge in [0, 0.05) is 18.5 Å². The number of halogens is 1. The van der Waals surface area contributed by atoms with Crippen molar-refractivity contribution in [3.05, 3.63) is 44.9 Å². The molecule has 0 bridgehead atoms. The van der Waals surface area contributed by atoms with Crippen LogP contribution < -0.4 is 4.74 Å². The molecular formula is C18H23ClN2O2S. The third-order valence-corrected chi connectivity index (χ3v) is 4.86. The molecule has 0 aliphatic rings. The number of thiazole rings is 1. The summed E-state index contributed by atoms with van der Waals surface area (Å²) in [7, 11) is 1.78. The Hall–Kier alpha value is -1.59. The van der Waals surface area contributed by atoms with Gasteiger partial charge in [0.05, 0.1) is 17.2 Å². The zero-order valence-electron chi connectivity index (χ0n) is 14.5. The van der Waals surface area contributed by atoms with Crippen molar-refractivity contribution in [2.75, 3.05) is 20.2 Å².